The summed E-state index contributed by atoms with van der Waals surface area (Å²) >= 11 is 0. The first-order valence-electron chi connectivity index (χ1n) is 5.31. The summed E-state index contributed by atoms with van der Waals surface area (Å²) in [5, 5.41) is 1.67. The van der Waals surface area contributed by atoms with Crippen LogP contribution in [-0.2, 0) is 14.3 Å². The number of carbonyl (C=O) groups is 2. The van der Waals surface area contributed by atoms with Gasteiger partial charge in [-0.05, 0) is 19.8 Å². The number of amides is 1. The van der Waals surface area contributed by atoms with Crippen LogP contribution in [-0.4, -0.2) is 30.7 Å². The lowest BCUT2D eigenvalue weighted by atomic mass is 10.3. The van der Waals surface area contributed by atoms with Gasteiger partial charge in [-0.1, -0.05) is 6.92 Å². The molecule has 0 radical (unpaired) electrons. The molecule has 1 atom stereocenters. The fraction of sp³-hybridized carbons (Fsp3) is 0.800. The number of carbonyl (C=O) groups excluding carboxylic acids is 2. The SMILES string of the molecule is CC[C@H](C)OC(=O)CCCNC(=O)C(F)(F)F. The molecule has 100 valence electrons. The molecule has 7 heteroatoms. The summed E-state index contributed by atoms with van der Waals surface area (Å²) in [6, 6.07) is 0. The molecular formula is C10H16F3NO3. The van der Waals surface area contributed by atoms with E-state index in [1.807, 2.05) is 6.92 Å². The predicted octanol–water partition coefficient (Wildman–Crippen LogP) is 1.79. The van der Waals surface area contributed by atoms with Gasteiger partial charge in [0.1, 0.15) is 0 Å². The number of halogens is 3. The maximum atomic E-state index is 11.7. The first kappa shape index (κ1) is 15.7. The van der Waals surface area contributed by atoms with E-state index in [1.54, 1.807) is 12.2 Å². The van der Waals surface area contributed by atoms with Crippen molar-refractivity contribution in [2.75, 3.05) is 6.54 Å². The quantitative estimate of drug-likeness (QED) is 0.581. The van der Waals surface area contributed by atoms with E-state index in [9.17, 15) is 22.8 Å². The Morgan fingerprint density at radius 3 is 2.41 bits per heavy atom. The Kier molecular flexibility index (Phi) is 6.60. The number of alkyl halides is 3. The summed E-state index contributed by atoms with van der Waals surface area (Å²) in [7, 11) is 0. The molecule has 0 rings (SSSR count). The molecule has 0 aromatic heterocycles. The number of hydrogen-bond acceptors (Lipinski definition) is 3. The van der Waals surface area contributed by atoms with Gasteiger partial charge in [-0.15, -0.1) is 0 Å². The summed E-state index contributed by atoms with van der Waals surface area (Å²) in [6.07, 6.45) is -4.29. The van der Waals surface area contributed by atoms with Crippen LogP contribution in [0.2, 0.25) is 0 Å². The minimum absolute atomic E-state index is 0.0114. The van der Waals surface area contributed by atoms with Crippen LogP contribution in [0, 0.1) is 0 Å². The van der Waals surface area contributed by atoms with Crippen LogP contribution in [0.4, 0.5) is 13.2 Å². The molecule has 1 amide bonds. The van der Waals surface area contributed by atoms with Crippen molar-refractivity contribution in [3.63, 3.8) is 0 Å². The Morgan fingerprint density at radius 1 is 1.35 bits per heavy atom. The van der Waals surface area contributed by atoms with Crippen LogP contribution in [0.3, 0.4) is 0 Å². The third kappa shape index (κ3) is 7.59. The summed E-state index contributed by atoms with van der Waals surface area (Å²) in [6.45, 7) is 3.37. The Labute approximate surface area is 97.5 Å². The average molecular weight is 255 g/mol. The molecular weight excluding hydrogens is 239 g/mol. The standard InChI is InChI=1S/C10H16F3NO3/c1-3-7(2)17-8(15)5-4-6-14-9(16)10(11,12)13/h7H,3-6H2,1-2H3,(H,14,16)/t7-/m0/s1. The average Bonchev–Trinajstić information content (AvgIpc) is 2.22. The second-order valence-electron chi connectivity index (χ2n) is 3.57. The van der Waals surface area contributed by atoms with E-state index in [-0.39, 0.29) is 25.5 Å². The van der Waals surface area contributed by atoms with Crippen molar-refractivity contribution in [3.05, 3.63) is 0 Å². The highest BCUT2D eigenvalue weighted by Crippen LogP contribution is 2.13. The second kappa shape index (κ2) is 7.13. The molecule has 0 aromatic rings. The van der Waals surface area contributed by atoms with Crippen LogP contribution >= 0.6 is 0 Å². The lowest BCUT2D eigenvalue weighted by Gasteiger charge is -2.11. The molecule has 17 heavy (non-hydrogen) atoms. The monoisotopic (exact) mass is 255 g/mol. The topological polar surface area (TPSA) is 55.4 Å². The first-order valence-corrected chi connectivity index (χ1v) is 5.31. The molecule has 0 aliphatic carbocycles. The van der Waals surface area contributed by atoms with Crippen LogP contribution < -0.4 is 5.32 Å². The molecule has 0 spiro atoms. The zero-order valence-electron chi connectivity index (χ0n) is 9.76. The Balaban J connectivity index is 3.65. The van der Waals surface area contributed by atoms with Crippen LogP contribution in [0.15, 0.2) is 0 Å². The molecule has 0 aromatic carbocycles. The zero-order chi connectivity index (χ0) is 13.5. The highest BCUT2D eigenvalue weighted by molar-refractivity contribution is 5.81. The van der Waals surface area contributed by atoms with Gasteiger partial charge in [0.05, 0.1) is 6.10 Å². The van der Waals surface area contributed by atoms with E-state index >= 15 is 0 Å². The highest BCUT2D eigenvalue weighted by Gasteiger charge is 2.38. The molecule has 0 heterocycles. The van der Waals surface area contributed by atoms with Gasteiger partial charge in [-0.2, -0.15) is 13.2 Å². The van der Waals surface area contributed by atoms with E-state index in [1.165, 1.54) is 0 Å². The molecule has 0 bridgehead atoms. The van der Waals surface area contributed by atoms with Crippen molar-refractivity contribution >= 4 is 11.9 Å². The Bertz CT molecular complexity index is 266. The number of rotatable bonds is 6. The van der Waals surface area contributed by atoms with Gasteiger partial charge in [-0.25, -0.2) is 0 Å². The second-order valence-corrected chi connectivity index (χ2v) is 3.57. The lowest BCUT2D eigenvalue weighted by Crippen LogP contribution is -2.37. The van der Waals surface area contributed by atoms with Gasteiger partial charge >= 0.3 is 18.1 Å². The number of hydrogen-bond donors (Lipinski definition) is 1. The van der Waals surface area contributed by atoms with Crippen LogP contribution in [0.1, 0.15) is 33.1 Å². The van der Waals surface area contributed by atoms with E-state index in [2.05, 4.69) is 0 Å². The van der Waals surface area contributed by atoms with Crippen molar-refractivity contribution in [2.45, 2.75) is 45.4 Å². The van der Waals surface area contributed by atoms with Crippen molar-refractivity contribution in [1.82, 2.24) is 5.32 Å². The molecule has 0 fully saturated rings. The maximum absolute atomic E-state index is 11.7. The minimum Gasteiger partial charge on any atom is -0.463 e. The molecule has 0 unspecified atom stereocenters. The van der Waals surface area contributed by atoms with Crippen LogP contribution in [0.5, 0.6) is 0 Å². The Hall–Kier alpha value is -1.27. The van der Waals surface area contributed by atoms with Gasteiger partial charge in [0.2, 0.25) is 0 Å². The first-order chi connectivity index (χ1) is 7.77. The molecule has 0 saturated heterocycles. The molecule has 0 saturated carbocycles. The van der Waals surface area contributed by atoms with E-state index in [4.69, 9.17) is 4.74 Å². The minimum atomic E-state index is -4.88. The van der Waals surface area contributed by atoms with E-state index < -0.39 is 18.1 Å². The van der Waals surface area contributed by atoms with Gasteiger partial charge < -0.3 is 10.1 Å². The number of ether oxygens (including phenoxy) is 1. The van der Waals surface area contributed by atoms with Crippen molar-refractivity contribution in [1.29, 1.82) is 0 Å². The Morgan fingerprint density at radius 2 is 1.94 bits per heavy atom. The predicted molar refractivity (Wildman–Crippen MR) is 54.1 cm³/mol. The van der Waals surface area contributed by atoms with Gasteiger partial charge in [0.25, 0.3) is 0 Å². The summed E-state index contributed by atoms with van der Waals surface area (Å²) < 4.78 is 40.1. The molecule has 0 aliphatic rings. The third-order valence-corrected chi connectivity index (χ3v) is 2.01. The normalized spacial score (nSPS) is 13.0. The number of nitrogens with one attached hydrogen (secondary N) is 1. The van der Waals surface area contributed by atoms with Crippen molar-refractivity contribution in [3.8, 4) is 0 Å². The van der Waals surface area contributed by atoms with Crippen LogP contribution in [0.25, 0.3) is 0 Å². The lowest BCUT2D eigenvalue weighted by molar-refractivity contribution is -0.173. The number of esters is 1. The zero-order valence-corrected chi connectivity index (χ0v) is 9.76. The third-order valence-electron chi connectivity index (χ3n) is 2.01. The fourth-order valence-corrected chi connectivity index (χ4v) is 0.902. The summed E-state index contributed by atoms with van der Waals surface area (Å²) in [5.74, 6) is -2.46. The van der Waals surface area contributed by atoms with Gasteiger partial charge in [0.15, 0.2) is 0 Å². The van der Waals surface area contributed by atoms with Crippen molar-refractivity contribution in [2.24, 2.45) is 0 Å². The molecule has 0 aliphatic heterocycles. The fourth-order valence-electron chi connectivity index (χ4n) is 0.902. The summed E-state index contributed by atoms with van der Waals surface area (Å²) in [4.78, 5) is 21.5. The molecule has 4 nitrogen and oxygen atoms in total. The smallest absolute Gasteiger partial charge is 0.463 e. The maximum Gasteiger partial charge on any atom is 0.471 e. The summed E-state index contributed by atoms with van der Waals surface area (Å²) in [5.41, 5.74) is 0. The van der Waals surface area contributed by atoms with Crippen molar-refractivity contribution < 1.29 is 27.5 Å². The highest BCUT2D eigenvalue weighted by atomic mass is 19.4. The largest absolute Gasteiger partial charge is 0.471 e. The van der Waals surface area contributed by atoms with E-state index in [0.29, 0.717) is 6.42 Å². The van der Waals surface area contributed by atoms with Gasteiger partial charge in [0, 0.05) is 13.0 Å². The van der Waals surface area contributed by atoms with Gasteiger partial charge in [-0.3, -0.25) is 9.59 Å². The van der Waals surface area contributed by atoms with E-state index in [0.717, 1.165) is 0 Å². The molecule has 1 N–H and O–H groups in total.